The predicted molar refractivity (Wildman–Crippen MR) is 59.2 cm³/mol. The SMILES string of the molecule is CC(C)(CO)NC(=O)C1CCCC1CN. The molecule has 1 aliphatic carbocycles. The highest BCUT2D eigenvalue weighted by Crippen LogP contribution is 2.31. The molecule has 2 unspecified atom stereocenters. The molecule has 0 saturated heterocycles. The van der Waals surface area contributed by atoms with E-state index in [0.717, 1.165) is 19.3 Å². The highest BCUT2D eigenvalue weighted by molar-refractivity contribution is 5.80. The lowest BCUT2D eigenvalue weighted by atomic mass is 9.94. The van der Waals surface area contributed by atoms with Gasteiger partial charge in [-0.05, 0) is 39.2 Å². The summed E-state index contributed by atoms with van der Waals surface area (Å²) in [4.78, 5) is 11.9. The first kappa shape index (κ1) is 12.5. The van der Waals surface area contributed by atoms with Crippen LogP contribution in [0.25, 0.3) is 0 Å². The molecular formula is C11H22N2O2. The van der Waals surface area contributed by atoms with Crippen molar-refractivity contribution in [3.8, 4) is 0 Å². The third-order valence-electron chi connectivity index (χ3n) is 3.16. The lowest BCUT2D eigenvalue weighted by Gasteiger charge is -2.27. The highest BCUT2D eigenvalue weighted by Gasteiger charge is 2.34. The maximum Gasteiger partial charge on any atom is 0.223 e. The number of aliphatic hydroxyl groups is 1. The molecule has 0 spiro atoms. The molecule has 1 aliphatic rings. The van der Waals surface area contributed by atoms with Crippen LogP contribution in [-0.4, -0.2) is 29.7 Å². The summed E-state index contributed by atoms with van der Waals surface area (Å²) in [5.74, 6) is 0.405. The molecule has 1 rings (SSSR count). The van der Waals surface area contributed by atoms with E-state index in [-0.39, 0.29) is 18.4 Å². The summed E-state index contributed by atoms with van der Waals surface area (Å²) in [6.07, 6.45) is 3.06. The van der Waals surface area contributed by atoms with E-state index in [0.29, 0.717) is 12.5 Å². The number of amides is 1. The molecule has 15 heavy (non-hydrogen) atoms. The Bertz CT molecular complexity index is 229. The Balaban J connectivity index is 2.53. The topological polar surface area (TPSA) is 75.3 Å². The number of carbonyl (C=O) groups is 1. The van der Waals surface area contributed by atoms with Crippen molar-refractivity contribution in [2.45, 2.75) is 38.6 Å². The van der Waals surface area contributed by atoms with Crippen molar-refractivity contribution in [1.29, 1.82) is 0 Å². The summed E-state index contributed by atoms with van der Waals surface area (Å²) in [7, 11) is 0. The number of rotatable bonds is 4. The first-order valence-corrected chi connectivity index (χ1v) is 5.63. The zero-order chi connectivity index (χ0) is 11.5. The van der Waals surface area contributed by atoms with Crippen LogP contribution in [0.1, 0.15) is 33.1 Å². The van der Waals surface area contributed by atoms with Gasteiger partial charge in [-0.3, -0.25) is 4.79 Å². The molecule has 0 aromatic rings. The van der Waals surface area contributed by atoms with Gasteiger partial charge in [0.1, 0.15) is 0 Å². The smallest absolute Gasteiger partial charge is 0.223 e. The van der Waals surface area contributed by atoms with Gasteiger partial charge in [-0.15, -0.1) is 0 Å². The van der Waals surface area contributed by atoms with Crippen molar-refractivity contribution in [1.82, 2.24) is 5.32 Å². The van der Waals surface area contributed by atoms with E-state index in [4.69, 9.17) is 10.8 Å². The van der Waals surface area contributed by atoms with Crippen LogP contribution in [0.15, 0.2) is 0 Å². The molecule has 1 saturated carbocycles. The van der Waals surface area contributed by atoms with Crippen LogP contribution in [0.3, 0.4) is 0 Å². The lowest BCUT2D eigenvalue weighted by Crippen LogP contribution is -2.49. The molecule has 0 aliphatic heterocycles. The Labute approximate surface area is 91.2 Å². The molecular weight excluding hydrogens is 192 g/mol. The van der Waals surface area contributed by atoms with E-state index in [2.05, 4.69) is 5.32 Å². The van der Waals surface area contributed by atoms with Gasteiger partial charge in [0.15, 0.2) is 0 Å². The fourth-order valence-electron chi connectivity index (χ4n) is 2.13. The molecule has 0 bridgehead atoms. The zero-order valence-corrected chi connectivity index (χ0v) is 9.62. The van der Waals surface area contributed by atoms with E-state index in [1.54, 1.807) is 0 Å². The van der Waals surface area contributed by atoms with Crippen molar-refractivity contribution in [2.24, 2.45) is 17.6 Å². The third-order valence-corrected chi connectivity index (χ3v) is 3.16. The molecule has 0 heterocycles. The average Bonchev–Trinajstić information content (AvgIpc) is 2.64. The molecule has 0 aromatic heterocycles. The summed E-state index contributed by atoms with van der Waals surface area (Å²) in [5, 5.41) is 11.9. The molecule has 2 atom stereocenters. The van der Waals surface area contributed by atoms with Gasteiger partial charge >= 0.3 is 0 Å². The Morgan fingerprint density at radius 1 is 1.53 bits per heavy atom. The van der Waals surface area contributed by atoms with Gasteiger partial charge in [0.2, 0.25) is 5.91 Å². The summed E-state index contributed by atoms with van der Waals surface area (Å²) in [6, 6.07) is 0. The van der Waals surface area contributed by atoms with Crippen LogP contribution < -0.4 is 11.1 Å². The van der Waals surface area contributed by atoms with Gasteiger partial charge in [0, 0.05) is 5.92 Å². The molecule has 0 radical (unpaired) electrons. The van der Waals surface area contributed by atoms with Gasteiger partial charge in [-0.25, -0.2) is 0 Å². The average molecular weight is 214 g/mol. The largest absolute Gasteiger partial charge is 0.394 e. The van der Waals surface area contributed by atoms with Crippen molar-refractivity contribution < 1.29 is 9.90 Å². The summed E-state index contributed by atoms with van der Waals surface area (Å²) >= 11 is 0. The fraction of sp³-hybridized carbons (Fsp3) is 0.909. The first-order valence-electron chi connectivity index (χ1n) is 5.63. The molecule has 4 heteroatoms. The van der Waals surface area contributed by atoms with Gasteiger partial charge < -0.3 is 16.2 Å². The van der Waals surface area contributed by atoms with Crippen molar-refractivity contribution in [3.05, 3.63) is 0 Å². The molecule has 1 amide bonds. The Kier molecular flexibility index (Phi) is 4.11. The standard InChI is InChI=1S/C11H22N2O2/c1-11(2,7-14)13-10(15)9-5-3-4-8(9)6-12/h8-9,14H,3-7,12H2,1-2H3,(H,13,15). The van der Waals surface area contributed by atoms with E-state index in [1.165, 1.54) is 0 Å². The molecule has 4 N–H and O–H groups in total. The van der Waals surface area contributed by atoms with Crippen LogP contribution in [-0.2, 0) is 4.79 Å². The van der Waals surface area contributed by atoms with Crippen molar-refractivity contribution in [3.63, 3.8) is 0 Å². The van der Waals surface area contributed by atoms with E-state index < -0.39 is 5.54 Å². The lowest BCUT2D eigenvalue weighted by molar-refractivity contribution is -0.128. The van der Waals surface area contributed by atoms with Crippen LogP contribution >= 0.6 is 0 Å². The van der Waals surface area contributed by atoms with Gasteiger partial charge in [0.25, 0.3) is 0 Å². The summed E-state index contributed by atoms with van der Waals surface area (Å²) < 4.78 is 0. The highest BCUT2D eigenvalue weighted by atomic mass is 16.3. The van der Waals surface area contributed by atoms with E-state index >= 15 is 0 Å². The minimum absolute atomic E-state index is 0.0424. The normalized spacial score (nSPS) is 26.7. The minimum Gasteiger partial charge on any atom is -0.394 e. The monoisotopic (exact) mass is 214 g/mol. The quantitative estimate of drug-likeness (QED) is 0.628. The second kappa shape index (κ2) is 4.94. The maximum absolute atomic E-state index is 11.9. The number of nitrogens with one attached hydrogen (secondary N) is 1. The molecule has 4 nitrogen and oxygen atoms in total. The second-order valence-corrected chi connectivity index (χ2v) is 5.06. The number of aliphatic hydroxyl groups excluding tert-OH is 1. The van der Waals surface area contributed by atoms with Crippen LogP contribution in [0, 0.1) is 11.8 Å². The molecule has 88 valence electrons. The molecule has 0 aromatic carbocycles. The number of hydrogen-bond acceptors (Lipinski definition) is 3. The zero-order valence-electron chi connectivity index (χ0n) is 9.62. The van der Waals surface area contributed by atoms with E-state index in [9.17, 15) is 4.79 Å². The Hall–Kier alpha value is -0.610. The second-order valence-electron chi connectivity index (χ2n) is 5.06. The Morgan fingerprint density at radius 2 is 2.20 bits per heavy atom. The Morgan fingerprint density at radius 3 is 2.73 bits per heavy atom. The van der Waals surface area contributed by atoms with Gasteiger partial charge in [-0.1, -0.05) is 6.42 Å². The maximum atomic E-state index is 11.9. The van der Waals surface area contributed by atoms with Gasteiger partial charge in [-0.2, -0.15) is 0 Å². The fourth-order valence-corrected chi connectivity index (χ4v) is 2.13. The predicted octanol–water partition coefficient (Wildman–Crippen LogP) is 0.249. The van der Waals surface area contributed by atoms with E-state index in [1.807, 2.05) is 13.8 Å². The van der Waals surface area contributed by atoms with Crippen LogP contribution in [0.4, 0.5) is 0 Å². The van der Waals surface area contributed by atoms with Crippen LogP contribution in [0.2, 0.25) is 0 Å². The summed E-state index contributed by atoms with van der Waals surface area (Å²) in [5.41, 5.74) is 5.10. The number of hydrogen-bond donors (Lipinski definition) is 3. The number of carbonyl (C=O) groups excluding carboxylic acids is 1. The van der Waals surface area contributed by atoms with Crippen LogP contribution in [0.5, 0.6) is 0 Å². The number of nitrogens with two attached hydrogens (primary N) is 1. The van der Waals surface area contributed by atoms with Gasteiger partial charge in [0.05, 0.1) is 12.1 Å². The minimum atomic E-state index is -0.529. The first-order chi connectivity index (χ1) is 7.00. The van der Waals surface area contributed by atoms with Crippen molar-refractivity contribution in [2.75, 3.05) is 13.2 Å². The van der Waals surface area contributed by atoms with Crippen molar-refractivity contribution >= 4 is 5.91 Å². The summed E-state index contributed by atoms with van der Waals surface area (Å²) in [6.45, 7) is 4.17. The molecule has 1 fully saturated rings. The third kappa shape index (κ3) is 3.18.